The number of hydrogen-bond acceptors (Lipinski definition) is 3. The van der Waals surface area contributed by atoms with Gasteiger partial charge in [0.15, 0.2) is 6.04 Å². The summed E-state index contributed by atoms with van der Waals surface area (Å²) in [6.45, 7) is 7.40. The molecule has 0 aromatic heterocycles. The second-order valence-electron chi connectivity index (χ2n) is 10.7. The third-order valence-corrected chi connectivity index (χ3v) is 8.08. The van der Waals surface area contributed by atoms with Crippen LogP contribution in [0.1, 0.15) is 70.5 Å². The Kier molecular flexibility index (Phi) is 7.43. The van der Waals surface area contributed by atoms with Gasteiger partial charge in [-0.15, -0.1) is 0 Å². The number of piperidine rings is 1. The summed E-state index contributed by atoms with van der Waals surface area (Å²) in [7, 11) is 0. The molecule has 1 atom stereocenters. The van der Waals surface area contributed by atoms with E-state index in [0.29, 0.717) is 18.0 Å². The fourth-order valence-corrected chi connectivity index (χ4v) is 5.89. The monoisotopic (exact) mass is 496 g/mol. The number of fused-ring (bicyclic) bond motifs is 2. The Morgan fingerprint density at radius 2 is 1.24 bits per heavy atom. The molecule has 0 aliphatic carbocycles. The molecule has 192 valence electrons. The molecule has 3 aromatic rings. The van der Waals surface area contributed by atoms with Crippen LogP contribution in [-0.2, 0) is 9.59 Å². The van der Waals surface area contributed by atoms with Gasteiger partial charge in [0.2, 0.25) is 5.91 Å². The van der Waals surface area contributed by atoms with Gasteiger partial charge in [0.05, 0.1) is 5.92 Å². The van der Waals surface area contributed by atoms with Gasteiger partial charge >= 0.3 is 5.97 Å². The first-order chi connectivity index (χ1) is 17.9. The molecule has 1 fully saturated rings. The lowest BCUT2D eigenvalue weighted by Crippen LogP contribution is -2.43. The Labute approximate surface area is 219 Å². The van der Waals surface area contributed by atoms with Crippen LogP contribution in [0.4, 0.5) is 0 Å². The highest BCUT2D eigenvalue weighted by Crippen LogP contribution is 2.34. The van der Waals surface area contributed by atoms with Crippen LogP contribution in [0.2, 0.25) is 0 Å². The van der Waals surface area contributed by atoms with Crippen LogP contribution in [0.3, 0.4) is 0 Å². The summed E-state index contributed by atoms with van der Waals surface area (Å²) in [6.07, 6.45) is 2.98. The molecule has 5 nitrogen and oxygen atoms in total. The number of hydrogen-bond donors (Lipinski definition) is 1. The third-order valence-electron chi connectivity index (χ3n) is 8.08. The summed E-state index contributed by atoms with van der Waals surface area (Å²) in [6, 6.07) is 23.0. The lowest BCUT2D eigenvalue weighted by Gasteiger charge is -2.34. The first-order valence-corrected chi connectivity index (χ1v) is 13.4. The number of rotatable bonds is 4. The van der Waals surface area contributed by atoms with Crippen molar-refractivity contribution in [1.29, 1.82) is 0 Å². The first kappa shape index (κ1) is 25.2. The lowest BCUT2D eigenvalue weighted by molar-refractivity contribution is -0.151. The van der Waals surface area contributed by atoms with Crippen LogP contribution in [-0.4, -0.2) is 53.0 Å². The smallest absolute Gasteiger partial charge is 0.331 e. The van der Waals surface area contributed by atoms with Gasteiger partial charge in [-0.2, -0.15) is 0 Å². The number of carboxylic acids is 1. The molecule has 1 N–H and O–H groups in total. The van der Waals surface area contributed by atoms with Crippen molar-refractivity contribution in [2.24, 2.45) is 0 Å². The van der Waals surface area contributed by atoms with Gasteiger partial charge in [-0.3, -0.25) is 4.79 Å². The number of nitrogens with zero attached hydrogens (tertiary/aromatic N) is 2. The Morgan fingerprint density at radius 1 is 0.730 bits per heavy atom. The highest BCUT2D eigenvalue weighted by molar-refractivity contribution is 5.91. The maximum absolute atomic E-state index is 14.5. The van der Waals surface area contributed by atoms with E-state index in [1.165, 1.54) is 5.56 Å². The Morgan fingerprint density at radius 3 is 1.76 bits per heavy atom. The maximum atomic E-state index is 14.5. The van der Waals surface area contributed by atoms with Crippen LogP contribution in [0, 0.1) is 13.8 Å². The summed E-state index contributed by atoms with van der Waals surface area (Å²) in [4.78, 5) is 31.3. The van der Waals surface area contributed by atoms with E-state index >= 15 is 0 Å². The quantitative estimate of drug-likeness (QED) is 0.505. The van der Waals surface area contributed by atoms with Crippen molar-refractivity contribution in [2.75, 3.05) is 26.2 Å². The molecule has 1 saturated heterocycles. The highest BCUT2D eigenvalue weighted by atomic mass is 16.4. The summed E-state index contributed by atoms with van der Waals surface area (Å²) >= 11 is 0. The molecule has 3 aromatic carbocycles. The largest absolute Gasteiger partial charge is 0.479 e. The van der Waals surface area contributed by atoms with Gasteiger partial charge in [-0.25, -0.2) is 4.79 Å². The lowest BCUT2D eigenvalue weighted by atomic mass is 9.87. The van der Waals surface area contributed by atoms with Crippen molar-refractivity contribution < 1.29 is 14.7 Å². The fraction of sp³-hybridized carbons (Fsp3) is 0.375. The van der Waals surface area contributed by atoms with Crippen molar-refractivity contribution in [1.82, 2.24) is 9.80 Å². The van der Waals surface area contributed by atoms with Crippen LogP contribution < -0.4 is 0 Å². The number of carbonyl (C=O) groups is 2. The van der Waals surface area contributed by atoms with E-state index in [9.17, 15) is 14.7 Å². The maximum Gasteiger partial charge on any atom is 0.331 e. The second-order valence-corrected chi connectivity index (χ2v) is 10.7. The summed E-state index contributed by atoms with van der Waals surface area (Å²) < 4.78 is 0. The van der Waals surface area contributed by atoms with E-state index in [2.05, 4.69) is 17.0 Å². The first-order valence-electron chi connectivity index (χ1n) is 13.4. The SMILES string of the molecule is Cc1ccc(C(C(=O)N2CCCN3CCC(CC3)c3ccc(cc3)C2C(=O)O)c2ccc(C)cc2)cc1. The normalized spacial score (nSPS) is 21.8. The molecular weight excluding hydrogens is 460 g/mol. The Balaban J connectivity index is 1.58. The molecule has 4 bridgehead atoms. The number of aryl methyl sites for hydroxylation is 2. The predicted octanol–water partition coefficient (Wildman–Crippen LogP) is 5.67. The van der Waals surface area contributed by atoms with Crippen LogP contribution in [0.15, 0.2) is 72.8 Å². The minimum absolute atomic E-state index is 0.168. The van der Waals surface area contributed by atoms with Crippen molar-refractivity contribution in [2.45, 2.75) is 51.0 Å². The van der Waals surface area contributed by atoms with Gasteiger partial charge in [0.25, 0.3) is 0 Å². The molecule has 0 radical (unpaired) electrons. The van der Waals surface area contributed by atoms with Crippen molar-refractivity contribution in [3.63, 3.8) is 0 Å². The second kappa shape index (κ2) is 10.9. The van der Waals surface area contributed by atoms with Crippen molar-refractivity contribution in [3.8, 4) is 0 Å². The fourth-order valence-electron chi connectivity index (χ4n) is 5.89. The number of carbonyl (C=O) groups excluding carboxylic acids is 1. The van der Waals surface area contributed by atoms with E-state index in [1.54, 1.807) is 4.90 Å². The topological polar surface area (TPSA) is 60.9 Å². The minimum Gasteiger partial charge on any atom is -0.479 e. The van der Waals surface area contributed by atoms with Crippen molar-refractivity contribution >= 4 is 11.9 Å². The van der Waals surface area contributed by atoms with E-state index in [-0.39, 0.29) is 5.91 Å². The molecule has 7 rings (SSSR count). The van der Waals surface area contributed by atoms with Crippen LogP contribution in [0.5, 0.6) is 0 Å². The molecule has 0 spiro atoms. The Hall–Kier alpha value is -3.44. The molecule has 4 aliphatic heterocycles. The standard InChI is InChI=1S/C32H36N2O3/c1-22-4-8-26(9-5-22)29(27-10-6-23(2)7-11-27)31(35)34-19-3-18-33-20-16-25(17-21-33)24-12-14-28(15-13-24)30(34)32(36)37/h4-15,25,29-30H,3,16-21H2,1-2H3,(H,36,37). The van der Waals surface area contributed by atoms with E-state index < -0.39 is 17.9 Å². The average molecular weight is 497 g/mol. The van der Waals surface area contributed by atoms with E-state index in [4.69, 9.17) is 0 Å². The number of carboxylic acid groups (broad SMARTS) is 1. The van der Waals surface area contributed by atoms with Crippen LogP contribution >= 0.6 is 0 Å². The summed E-state index contributed by atoms with van der Waals surface area (Å²) in [5.74, 6) is -1.22. The molecule has 37 heavy (non-hydrogen) atoms. The molecular formula is C32H36N2O3. The molecule has 4 aliphatic rings. The van der Waals surface area contributed by atoms with Crippen LogP contribution in [0.25, 0.3) is 0 Å². The van der Waals surface area contributed by atoms with Gasteiger partial charge in [0.1, 0.15) is 0 Å². The summed E-state index contributed by atoms with van der Waals surface area (Å²) in [5.41, 5.74) is 5.92. The third kappa shape index (κ3) is 5.47. The minimum atomic E-state index is -1.03. The predicted molar refractivity (Wildman–Crippen MR) is 146 cm³/mol. The molecule has 1 amide bonds. The molecule has 4 heterocycles. The van der Waals surface area contributed by atoms with Gasteiger partial charge < -0.3 is 14.9 Å². The highest BCUT2D eigenvalue weighted by Gasteiger charge is 2.36. The Bertz CT molecular complexity index is 1180. The zero-order valence-corrected chi connectivity index (χ0v) is 21.8. The number of benzene rings is 3. The van der Waals surface area contributed by atoms with Gasteiger partial charge in [0, 0.05) is 6.54 Å². The van der Waals surface area contributed by atoms with E-state index in [0.717, 1.165) is 61.2 Å². The van der Waals surface area contributed by atoms with Gasteiger partial charge in [-0.05, 0) is 80.9 Å². The number of aliphatic carboxylic acids is 1. The van der Waals surface area contributed by atoms with Gasteiger partial charge in [-0.1, -0.05) is 83.9 Å². The number of amides is 1. The zero-order valence-electron chi connectivity index (χ0n) is 21.8. The zero-order chi connectivity index (χ0) is 25.9. The molecule has 5 heteroatoms. The van der Waals surface area contributed by atoms with Crippen molar-refractivity contribution in [3.05, 3.63) is 106 Å². The average Bonchev–Trinajstić information content (AvgIpc) is 2.94. The summed E-state index contributed by atoms with van der Waals surface area (Å²) in [5, 5.41) is 10.4. The van der Waals surface area contributed by atoms with E-state index in [1.807, 2.05) is 74.5 Å². The molecule has 0 saturated carbocycles. The molecule has 1 unspecified atom stereocenters.